The average Bonchev–Trinajstić information content (AvgIpc) is 3.36. The van der Waals surface area contributed by atoms with Crippen LogP contribution in [0.2, 0.25) is 10.0 Å². The SMILES string of the molecule is CC(=O)N(c1cccc(Cl)c1)c1nc(CSc2nccn2-c2ccc(Cl)cc2)cs1. The van der Waals surface area contributed by atoms with Crippen molar-refractivity contribution in [1.82, 2.24) is 14.5 Å². The highest BCUT2D eigenvalue weighted by Gasteiger charge is 2.18. The maximum absolute atomic E-state index is 12.3. The van der Waals surface area contributed by atoms with Crippen LogP contribution in [0, 0.1) is 0 Å². The van der Waals surface area contributed by atoms with Crippen LogP contribution in [0.1, 0.15) is 12.6 Å². The summed E-state index contributed by atoms with van der Waals surface area (Å²) in [5.41, 5.74) is 2.56. The Kier molecular flexibility index (Phi) is 6.43. The number of nitrogens with zero attached hydrogens (tertiary/aromatic N) is 4. The lowest BCUT2D eigenvalue weighted by Gasteiger charge is -2.18. The summed E-state index contributed by atoms with van der Waals surface area (Å²) in [5, 5.41) is 4.68. The third-order valence-electron chi connectivity index (χ3n) is 4.17. The molecule has 0 saturated carbocycles. The van der Waals surface area contributed by atoms with Gasteiger partial charge in [-0.2, -0.15) is 0 Å². The van der Waals surface area contributed by atoms with E-state index in [1.165, 1.54) is 18.3 Å². The highest BCUT2D eigenvalue weighted by atomic mass is 35.5. The molecule has 0 spiro atoms. The van der Waals surface area contributed by atoms with Crippen molar-refractivity contribution in [3.63, 3.8) is 0 Å². The first-order valence-corrected chi connectivity index (χ1v) is 11.6. The van der Waals surface area contributed by atoms with Crippen LogP contribution in [0.3, 0.4) is 0 Å². The predicted molar refractivity (Wildman–Crippen MR) is 125 cm³/mol. The molecule has 2 aromatic carbocycles. The summed E-state index contributed by atoms with van der Waals surface area (Å²) in [4.78, 5) is 22.9. The number of anilines is 2. The molecule has 0 atom stereocenters. The molecule has 5 nitrogen and oxygen atoms in total. The summed E-state index contributed by atoms with van der Waals surface area (Å²) in [5.74, 6) is 0.506. The Morgan fingerprint density at radius 1 is 1.17 bits per heavy atom. The monoisotopic (exact) mass is 474 g/mol. The van der Waals surface area contributed by atoms with E-state index in [-0.39, 0.29) is 5.91 Å². The number of thioether (sulfide) groups is 1. The quantitative estimate of drug-likeness (QED) is 0.295. The molecule has 0 aliphatic rings. The van der Waals surface area contributed by atoms with Crippen LogP contribution in [0.25, 0.3) is 5.69 Å². The Balaban J connectivity index is 1.51. The molecule has 4 rings (SSSR count). The largest absolute Gasteiger partial charge is 0.295 e. The van der Waals surface area contributed by atoms with Gasteiger partial charge in [0.25, 0.3) is 0 Å². The zero-order valence-electron chi connectivity index (χ0n) is 15.8. The van der Waals surface area contributed by atoms with Gasteiger partial charge in [0.15, 0.2) is 10.3 Å². The molecule has 152 valence electrons. The lowest BCUT2D eigenvalue weighted by molar-refractivity contribution is -0.115. The summed E-state index contributed by atoms with van der Waals surface area (Å²) >= 11 is 15.1. The van der Waals surface area contributed by atoms with Crippen molar-refractivity contribution in [1.29, 1.82) is 0 Å². The zero-order valence-corrected chi connectivity index (χ0v) is 19.0. The highest BCUT2D eigenvalue weighted by Crippen LogP contribution is 2.32. The number of hydrogen-bond acceptors (Lipinski definition) is 5. The third-order valence-corrected chi connectivity index (χ3v) is 6.54. The van der Waals surface area contributed by atoms with Crippen LogP contribution in [-0.4, -0.2) is 20.4 Å². The smallest absolute Gasteiger partial charge is 0.230 e. The Morgan fingerprint density at radius 3 is 2.70 bits per heavy atom. The lowest BCUT2D eigenvalue weighted by Crippen LogP contribution is -2.22. The minimum atomic E-state index is -0.121. The van der Waals surface area contributed by atoms with Crippen LogP contribution in [0.5, 0.6) is 0 Å². The second-order valence-electron chi connectivity index (χ2n) is 6.30. The molecule has 0 N–H and O–H groups in total. The van der Waals surface area contributed by atoms with Crippen LogP contribution in [-0.2, 0) is 10.5 Å². The normalized spacial score (nSPS) is 10.9. The van der Waals surface area contributed by atoms with Gasteiger partial charge in [0, 0.05) is 46.2 Å². The van der Waals surface area contributed by atoms with E-state index in [9.17, 15) is 4.79 Å². The molecule has 0 saturated heterocycles. The van der Waals surface area contributed by atoms with E-state index in [2.05, 4.69) is 9.97 Å². The van der Waals surface area contributed by atoms with Gasteiger partial charge in [0.05, 0.1) is 11.4 Å². The number of carbonyl (C=O) groups is 1. The van der Waals surface area contributed by atoms with Crippen molar-refractivity contribution in [2.75, 3.05) is 4.90 Å². The predicted octanol–water partition coefficient (Wildman–Crippen LogP) is 6.61. The highest BCUT2D eigenvalue weighted by molar-refractivity contribution is 7.98. The standard InChI is InChI=1S/C21H16Cl2N4OS2/c1-14(28)27(19-4-2-3-16(23)11-19)21-25-17(13-30-21)12-29-20-24-9-10-26(20)18-7-5-15(22)6-8-18/h2-11,13H,12H2,1H3. The maximum Gasteiger partial charge on any atom is 0.230 e. The molecule has 30 heavy (non-hydrogen) atoms. The molecule has 0 aliphatic heterocycles. The van der Waals surface area contributed by atoms with Crippen molar-refractivity contribution in [2.45, 2.75) is 17.8 Å². The second kappa shape index (κ2) is 9.22. The van der Waals surface area contributed by atoms with E-state index in [4.69, 9.17) is 23.2 Å². The summed E-state index contributed by atoms with van der Waals surface area (Å²) < 4.78 is 2.00. The van der Waals surface area contributed by atoms with Crippen LogP contribution >= 0.6 is 46.3 Å². The number of rotatable bonds is 6. The minimum Gasteiger partial charge on any atom is -0.295 e. The Labute approximate surface area is 192 Å². The number of hydrogen-bond donors (Lipinski definition) is 0. The molecule has 2 heterocycles. The summed E-state index contributed by atoms with van der Waals surface area (Å²) in [6.07, 6.45) is 3.68. The van der Waals surface area contributed by atoms with Gasteiger partial charge in [-0.3, -0.25) is 14.3 Å². The van der Waals surface area contributed by atoms with Crippen LogP contribution < -0.4 is 4.90 Å². The number of aromatic nitrogens is 3. The fraction of sp³-hybridized carbons (Fsp3) is 0.0952. The summed E-state index contributed by atoms with van der Waals surface area (Å²) in [6, 6.07) is 14.8. The van der Waals surface area contributed by atoms with Gasteiger partial charge in [-0.15, -0.1) is 11.3 Å². The summed E-state index contributed by atoms with van der Waals surface area (Å²) in [6.45, 7) is 1.51. The maximum atomic E-state index is 12.3. The molecule has 0 bridgehead atoms. The van der Waals surface area contributed by atoms with E-state index in [0.29, 0.717) is 26.6 Å². The Hall–Kier alpha value is -2.32. The first-order valence-electron chi connectivity index (χ1n) is 8.94. The number of benzene rings is 2. The molecule has 0 fully saturated rings. The van der Waals surface area contributed by atoms with Gasteiger partial charge >= 0.3 is 0 Å². The van der Waals surface area contributed by atoms with Gasteiger partial charge in [0.2, 0.25) is 5.91 Å². The van der Waals surface area contributed by atoms with Gasteiger partial charge in [-0.05, 0) is 42.5 Å². The Bertz CT molecular complexity index is 1170. The Morgan fingerprint density at radius 2 is 1.97 bits per heavy atom. The number of thiazole rings is 1. The zero-order chi connectivity index (χ0) is 21.1. The van der Waals surface area contributed by atoms with Gasteiger partial charge < -0.3 is 0 Å². The molecule has 1 amide bonds. The lowest BCUT2D eigenvalue weighted by atomic mass is 10.3. The molecular formula is C21H16Cl2N4OS2. The van der Waals surface area contributed by atoms with Crippen molar-refractivity contribution >= 4 is 63.0 Å². The fourth-order valence-corrected chi connectivity index (χ4v) is 5.01. The molecule has 0 radical (unpaired) electrons. The average molecular weight is 475 g/mol. The second-order valence-corrected chi connectivity index (χ2v) is 8.95. The van der Waals surface area contributed by atoms with Crippen LogP contribution in [0.15, 0.2) is 71.5 Å². The molecule has 2 aromatic heterocycles. The van der Waals surface area contributed by atoms with Gasteiger partial charge in [-0.1, -0.05) is 41.0 Å². The van der Waals surface area contributed by atoms with E-state index < -0.39 is 0 Å². The number of amides is 1. The molecule has 4 aromatic rings. The van der Waals surface area contributed by atoms with Crippen molar-refractivity contribution < 1.29 is 4.79 Å². The topological polar surface area (TPSA) is 51.0 Å². The van der Waals surface area contributed by atoms with E-state index in [1.54, 1.807) is 35.0 Å². The number of carbonyl (C=O) groups excluding carboxylic acids is 1. The van der Waals surface area contributed by atoms with Gasteiger partial charge in [0.1, 0.15) is 0 Å². The van der Waals surface area contributed by atoms with Crippen LogP contribution in [0.4, 0.5) is 10.8 Å². The fourth-order valence-electron chi connectivity index (χ4n) is 2.84. The molecule has 9 heteroatoms. The first-order chi connectivity index (χ1) is 14.5. The van der Waals surface area contributed by atoms with Crippen molar-refractivity contribution in [2.24, 2.45) is 0 Å². The van der Waals surface area contributed by atoms with E-state index in [1.807, 2.05) is 52.5 Å². The first kappa shape index (κ1) is 20.9. The molecule has 0 aliphatic carbocycles. The molecular weight excluding hydrogens is 459 g/mol. The number of imidazole rings is 1. The van der Waals surface area contributed by atoms with Gasteiger partial charge in [-0.25, -0.2) is 9.97 Å². The third kappa shape index (κ3) is 4.70. The van der Waals surface area contributed by atoms with E-state index in [0.717, 1.165) is 16.5 Å². The van der Waals surface area contributed by atoms with Crippen molar-refractivity contribution in [3.05, 3.63) is 82.0 Å². The summed E-state index contributed by atoms with van der Waals surface area (Å²) in [7, 11) is 0. The molecule has 0 unspecified atom stereocenters. The number of halogens is 2. The minimum absolute atomic E-state index is 0.121. The van der Waals surface area contributed by atoms with E-state index >= 15 is 0 Å². The van der Waals surface area contributed by atoms with Crippen molar-refractivity contribution in [3.8, 4) is 5.69 Å².